The van der Waals surface area contributed by atoms with Crippen LogP contribution in [0.5, 0.6) is 0 Å². The van der Waals surface area contributed by atoms with Gasteiger partial charge in [0, 0.05) is 15.3 Å². The van der Waals surface area contributed by atoms with E-state index in [9.17, 15) is 9.59 Å². The monoisotopic (exact) mass is 434 g/mol. The predicted octanol–water partition coefficient (Wildman–Crippen LogP) is 3.76. The Morgan fingerprint density at radius 2 is 1.83 bits per heavy atom. The summed E-state index contributed by atoms with van der Waals surface area (Å²) in [6, 6.07) is 14.7. The molecular weight excluding hydrogens is 415 g/mol. The summed E-state index contributed by atoms with van der Waals surface area (Å²) >= 11 is 2.22. The zero-order chi connectivity index (χ0) is 17.5. The topological polar surface area (TPSA) is 58.2 Å². The van der Waals surface area contributed by atoms with Gasteiger partial charge < -0.3 is 10.6 Å². The highest BCUT2D eigenvalue weighted by molar-refractivity contribution is 14.1. The van der Waals surface area contributed by atoms with Crippen LogP contribution in [0.15, 0.2) is 54.6 Å². The molecule has 24 heavy (non-hydrogen) atoms. The summed E-state index contributed by atoms with van der Waals surface area (Å²) < 4.78 is 1.11. The Morgan fingerprint density at radius 3 is 2.50 bits per heavy atom. The average Bonchev–Trinajstić information content (AvgIpc) is 2.56. The van der Waals surface area contributed by atoms with Gasteiger partial charge in [-0.25, -0.2) is 0 Å². The van der Waals surface area contributed by atoms with E-state index < -0.39 is 6.04 Å². The summed E-state index contributed by atoms with van der Waals surface area (Å²) in [5.41, 5.74) is 2.67. The highest BCUT2D eigenvalue weighted by Gasteiger charge is 2.15. The van der Waals surface area contributed by atoms with E-state index in [4.69, 9.17) is 0 Å². The Morgan fingerprint density at radius 1 is 1.12 bits per heavy atom. The molecule has 0 spiro atoms. The van der Waals surface area contributed by atoms with Crippen LogP contribution in [0.3, 0.4) is 0 Å². The number of carbonyl (C=O) groups is 2. The van der Waals surface area contributed by atoms with E-state index in [-0.39, 0.29) is 11.8 Å². The fraction of sp³-hybridized carbons (Fsp3) is 0.158. The molecule has 1 unspecified atom stereocenters. The first-order valence-corrected chi connectivity index (χ1v) is 8.64. The van der Waals surface area contributed by atoms with Crippen molar-refractivity contribution < 1.29 is 9.59 Å². The van der Waals surface area contributed by atoms with Gasteiger partial charge in [-0.2, -0.15) is 0 Å². The van der Waals surface area contributed by atoms with Crippen molar-refractivity contribution in [3.05, 3.63) is 69.3 Å². The van der Waals surface area contributed by atoms with Gasteiger partial charge in [-0.1, -0.05) is 30.3 Å². The number of hydrogen-bond acceptors (Lipinski definition) is 2. The maximum absolute atomic E-state index is 12.2. The number of hydrogen-bond donors (Lipinski definition) is 2. The number of halogens is 1. The number of benzene rings is 2. The Hall–Kier alpha value is -2.15. The van der Waals surface area contributed by atoms with E-state index in [1.807, 2.05) is 55.5 Å². The lowest BCUT2D eigenvalue weighted by Gasteiger charge is -2.14. The van der Waals surface area contributed by atoms with Crippen molar-refractivity contribution in [2.24, 2.45) is 0 Å². The maximum Gasteiger partial charge on any atom is 0.246 e. The zero-order valence-electron chi connectivity index (χ0n) is 13.5. The fourth-order valence-corrected chi connectivity index (χ4v) is 2.72. The molecule has 0 fully saturated rings. The fourth-order valence-electron chi connectivity index (χ4n) is 2.07. The van der Waals surface area contributed by atoms with Crippen LogP contribution in [0.4, 0.5) is 5.69 Å². The van der Waals surface area contributed by atoms with Gasteiger partial charge in [0.2, 0.25) is 11.8 Å². The molecule has 0 aromatic heterocycles. The van der Waals surface area contributed by atoms with Crippen LogP contribution in [-0.4, -0.2) is 17.9 Å². The van der Waals surface area contributed by atoms with Crippen LogP contribution >= 0.6 is 22.6 Å². The SMILES string of the molecule is Cc1cc(I)ccc1NC(=O)C(C)NC(=O)/C=C/c1ccccc1. The average molecular weight is 434 g/mol. The van der Waals surface area contributed by atoms with Crippen LogP contribution in [0.2, 0.25) is 0 Å². The van der Waals surface area contributed by atoms with Crippen LogP contribution in [0.25, 0.3) is 6.08 Å². The molecular formula is C19H19IN2O2. The highest BCUT2D eigenvalue weighted by atomic mass is 127. The van der Waals surface area contributed by atoms with E-state index in [0.29, 0.717) is 0 Å². The summed E-state index contributed by atoms with van der Waals surface area (Å²) in [7, 11) is 0. The third-order valence-corrected chi connectivity index (χ3v) is 4.10. The van der Waals surface area contributed by atoms with E-state index >= 15 is 0 Å². The summed E-state index contributed by atoms with van der Waals surface area (Å²) in [5.74, 6) is -0.554. The molecule has 2 aromatic carbocycles. The van der Waals surface area contributed by atoms with Crippen molar-refractivity contribution in [2.75, 3.05) is 5.32 Å². The van der Waals surface area contributed by atoms with Gasteiger partial charge in [0.05, 0.1) is 0 Å². The molecule has 0 heterocycles. The van der Waals surface area contributed by atoms with Crippen LogP contribution in [0, 0.1) is 10.5 Å². The molecule has 0 aliphatic heterocycles. The Kier molecular flexibility index (Phi) is 6.54. The van der Waals surface area contributed by atoms with Gasteiger partial charge in [0.1, 0.15) is 6.04 Å². The smallest absolute Gasteiger partial charge is 0.246 e. The van der Waals surface area contributed by atoms with Gasteiger partial charge in [-0.15, -0.1) is 0 Å². The van der Waals surface area contributed by atoms with Gasteiger partial charge in [0.25, 0.3) is 0 Å². The van der Waals surface area contributed by atoms with Gasteiger partial charge in [0.15, 0.2) is 0 Å². The van der Waals surface area contributed by atoms with Crippen molar-refractivity contribution in [3.63, 3.8) is 0 Å². The molecule has 0 aliphatic rings. The normalized spacial score (nSPS) is 12.0. The molecule has 1 atom stereocenters. The minimum absolute atomic E-state index is 0.249. The standard InChI is InChI=1S/C19H19IN2O2/c1-13-12-16(20)9-10-17(13)22-19(24)14(2)21-18(23)11-8-15-6-4-3-5-7-15/h3-12,14H,1-2H3,(H,21,23)(H,22,24)/b11-8+. The number of anilines is 1. The van der Waals surface area contributed by atoms with Gasteiger partial charge in [-0.05, 0) is 71.8 Å². The third kappa shape index (κ3) is 5.49. The van der Waals surface area contributed by atoms with E-state index in [2.05, 4.69) is 33.2 Å². The third-order valence-electron chi connectivity index (χ3n) is 3.43. The molecule has 2 amide bonds. The van der Waals surface area contributed by atoms with Crippen molar-refractivity contribution in [2.45, 2.75) is 19.9 Å². The molecule has 0 bridgehead atoms. The second-order valence-electron chi connectivity index (χ2n) is 5.42. The van der Waals surface area contributed by atoms with E-state index in [1.54, 1.807) is 13.0 Å². The Balaban J connectivity index is 1.91. The first-order chi connectivity index (χ1) is 11.5. The van der Waals surface area contributed by atoms with Crippen LogP contribution in [-0.2, 0) is 9.59 Å². The Bertz CT molecular complexity index is 757. The van der Waals surface area contributed by atoms with Crippen LogP contribution in [0.1, 0.15) is 18.1 Å². The van der Waals surface area contributed by atoms with Crippen molar-refractivity contribution in [3.8, 4) is 0 Å². The molecule has 0 saturated carbocycles. The molecule has 2 rings (SSSR count). The number of rotatable bonds is 5. The zero-order valence-corrected chi connectivity index (χ0v) is 15.7. The van der Waals surface area contributed by atoms with Crippen molar-refractivity contribution in [1.29, 1.82) is 0 Å². The molecule has 4 nitrogen and oxygen atoms in total. The second-order valence-corrected chi connectivity index (χ2v) is 6.67. The summed E-state index contributed by atoms with van der Waals surface area (Å²) in [5, 5.41) is 5.50. The highest BCUT2D eigenvalue weighted by Crippen LogP contribution is 2.17. The molecule has 0 saturated heterocycles. The molecule has 124 valence electrons. The van der Waals surface area contributed by atoms with Gasteiger partial charge in [-0.3, -0.25) is 9.59 Å². The van der Waals surface area contributed by atoms with Crippen LogP contribution < -0.4 is 10.6 Å². The van der Waals surface area contributed by atoms with Crippen molar-refractivity contribution >= 4 is 46.2 Å². The number of aryl methyl sites for hydroxylation is 1. The first-order valence-electron chi connectivity index (χ1n) is 7.56. The van der Waals surface area contributed by atoms with E-state index in [1.165, 1.54) is 6.08 Å². The molecule has 0 aliphatic carbocycles. The number of nitrogens with one attached hydrogen (secondary N) is 2. The lowest BCUT2D eigenvalue weighted by Crippen LogP contribution is -2.41. The predicted molar refractivity (Wildman–Crippen MR) is 106 cm³/mol. The summed E-state index contributed by atoms with van der Waals surface area (Å²) in [4.78, 5) is 24.1. The largest absolute Gasteiger partial charge is 0.341 e. The van der Waals surface area contributed by atoms with Gasteiger partial charge >= 0.3 is 0 Å². The lowest BCUT2D eigenvalue weighted by atomic mass is 10.2. The first kappa shape index (κ1) is 18.2. The quantitative estimate of drug-likeness (QED) is 0.557. The minimum atomic E-state index is -0.628. The lowest BCUT2D eigenvalue weighted by molar-refractivity contribution is -0.123. The minimum Gasteiger partial charge on any atom is -0.341 e. The molecule has 2 N–H and O–H groups in total. The second kappa shape index (κ2) is 8.63. The number of carbonyl (C=O) groups excluding carboxylic acids is 2. The summed E-state index contributed by atoms with van der Waals surface area (Å²) in [6.07, 6.45) is 3.14. The summed E-state index contributed by atoms with van der Waals surface area (Å²) in [6.45, 7) is 3.59. The van der Waals surface area contributed by atoms with E-state index in [0.717, 1.165) is 20.4 Å². The maximum atomic E-state index is 12.2. The van der Waals surface area contributed by atoms with Crippen molar-refractivity contribution in [1.82, 2.24) is 5.32 Å². The Labute approximate surface area is 155 Å². The molecule has 5 heteroatoms. The molecule has 0 radical (unpaired) electrons. The number of amides is 2. The molecule has 2 aromatic rings.